The van der Waals surface area contributed by atoms with Crippen molar-refractivity contribution in [2.24, 2.45) is 0 Å². The number of pyridine rings is 1. The van der Waals surface area contributed by atoms with E-state index >= 15 is 0 Å². The molecule has 5 aromatic rings. The van der Waals surface area contributed by atoms with Crippen molar-refractivity contribution >= 4 is 38.5 Å². The number of hydrogen-bond acceptors (Lipinski definition) is 3. The van der Waals surface area contributed by atoms with Crippen LogP contribution in [0.5, 0.6) is 0 Å². The van der Waals surface area contributed by atoms with Crippen LogP contribution < -0.4 is 4.98 Å². The first-order valence-corrected chi connectivity index (χ1v) is 11.3. The van der Waals surface area contributed by atoms with Gasteiger partial charge in [0, 0.05) is 37.8 Å². The predicted octanol–water partition coefficient (Wildman–Crippen LogP) is 6.20. The van der Waals surface area contributed by atoms with Crippen molar-refractivity contribution in [1.29, 1.82) is 0 Å². The Morgan fingerprint density at radius 2 is 1.76 bits per heavy atom. The van der Waals surface area contributed by atoms with Gasteiger partial charge in [-0.3, -0.25) is 9.78 Å². The van der Waals surface area contributed by atoms with E-state index in [0.29, 0.717) is 0 Å². The number of aliphatic hydroxyl groups is 1. The molecule has 0 saturated carbocycles. The molecule has 0 fully saturated rings. The van der Waals surface area contributed by atoms with Crippen molar-refractivity contribution in [2.45, 2.75) is 39.5 Å². The van der Waals surface area contributed by atoms with Crippen LogP contribution in [0.1, 0.15) is 37.8 Å². The van der Waals surface area contributed by atoms with Gasteiger partial charge in [-0.2, -0.15) is 0 Å². The summed E-state index contributed by atoms with van der Waals surface area (Å²) in [6.45, 7) is 2.85. The monoisotopic (exact) mass is 629 g/mol. The third-order valence-corrected chi connectivity index (χ3v) is 6.14. The Morgan fingerprint density at radius 1 is 1.03 bits per heavy atom. The number of fused-ring (bicyclic) bond motifs is 5. The smallest absolute Gasteiger partial charge is 0.155 e. The van der Waals surface area contributed by atoms with Crippen LogP contribution in [-0.4, -0.2) is 20.4 Å². The molecule has 0 unspecified atom stereocenters. The number of hydrogen-bond donors (Lipinski definition) is 1. The van der Waals surface area contributed by atoms with Crippen molar-refractivity contribution in [3.63, 3.8) is 0 Å². The van der Waals surface area contributed by atoms with Gasteiger partial charge in [-0.1, -0.05) is 42.6 Å². The average Bonchev–Trinajstić information content (AvgIpc) is 3.36. The summed E-state index contributed by atoms with van der Waals surface area (Å²) in [5.41, 5.74) is 5.03. The van der Waals surface area contributed by atoms with Crippen LogP contribution in [-0.2, 0) is 37.7 Å². The normalized spacial score (nSPS) is 13.3. The van der Waals surface area contributed by atoms with Crippen molar-refractivity contribution in [2.75, 3.05) is 0 Å². The first kappa shape index (κ1) is 23.9. The first-order valence-electron chi connectivity index (χ1n) is 11.3. The average molecular weight is 629 g/mol. The molecular weight excluding hydrogens is 603 g/mol. The molecule has 34 heavy (non-hydrogen) atoms. The molecule has 0 atom stereocenters. The van der Waals surface area contributed by atoms with E-state index in [1.54, 1.807) is 0 Å². The second-order valence-electron chi connectivity index (χ2n) is 8.62. The molecule has 1 aliphatic carbocycles. The molecule has 1 radical (unpaired) electrons. The summed E-state index contributed by atoms with van der Waals surface area (Å²) >= 11 is 0. The molecule has 6 rings (SSSR count). The topological polar surface area (TPSA) is 69.2 Å². The van der Waals surface area contributed by atoms with Crippen molar-refractivity contribution in [1.82, 2.24) is 14.5 Å². The fourth-order valence-corrected chi connectivity index (χ4v) is 4.77. The van der Waals surface area contributed by atoms with Gasteiger partial charge in [-0.25, -0.2) is 0 Å². The molecule has 0 bridgehead atoms. The van der Waals surface area contributed by atoms with Gasteiger partial charge in [0.15, 0.2) is 5.78 Å². The number of aryl methyl sites for hydroxylation is 1. The van der Waals surface area contributed by atoms with E-state index in [-0.39, 0.29) is 31.6 Å². The molecule has 0 saturated heterocycles. The Hall–Kier alpha value is -3.21. The number of carbonyl (C=O) groups excluding carboxylic acids is 1. The van der Waals surface area contributed by atoms with E-state index in [4.69, 9.17) is 15.1 Å². The standard InChI is InChI=1S/C23H18N3.C5H8O2.Ir/c1-2-7-16-13-21-20(12-15(16)6-1)19-10-5-11-24-23(19)26(21)22-18-9-4-3-8-17(18)14-25-22;1-4(6)3-5(2)7;/h1-2,5-7,10-14H,3-4,8-9H2;3,6H,1-2H3;/q-1;;/b;4-3-;. The van der Waals surface area contributed by atoms with E-state index in [9.17, 15) is 4.79 Å². The fraction of sp³-hybridized carbons (Fsp3) is 0.214. The van der Waals surface area contributed by atoms with Crippen LogP contribution in [0.25, 0.3) is 38.5 Å². The maximum Gasteiger partial charge on any atom is 0.155 e. The van der Waals surface area contributed by atoms with Gasteiger partial charge in [-0.15, -0.1) is 0 Å². The molecule has 175 valence electrons. The SMILES string of the molecule is CC(=O)/C=C(/C)O.[Ir].c1ccc2cc3c(cc2c1)c1cccnc1n3-c1[n-]cc2c1CCCC2. The number of aromatic nitrogens is 3. The zero-order valence-electron chi connectivity index (χ0n) is 19.2. The van der Waals surface area contributed by atoms with Gasteiger partial charge < -0.3 is 14.7 Å². The van der Waals surface area contributed by atoms with Gasteiger partial charge in [0.2, 0.25) is 0 Å². The Balaban J connectivity index is 0.000000303. The van der Waals surface area contributed by atoms with Gasteiger partial charge in [0.05, 0.1) is 11.4 Å². The van der Waals surface area contributed by atoms with Gasteiger partial charge >= 0.3 is 0 Å². The number of allylic oxidation sites excluding steroid dienone is 2. The molecule has 0 spiro atoms. The molecule has 3 aromatic heterocycles. The minimum absolute atomic E-state index is 0. The first-order chi connectivity index (χ1) is 16.0. The molecule has 6 heteroatoms. The van der Waals surface area contributed by atoms with Gasteiger partial charge in [-0.05, 0) is 90.3 Å². The zero-order valence-corrected chi connectivity index (χ0v) is 21.6. The largest absolute Gasteiger partial charge is 0.512 e. The summed E-state index contributed by atoms with van der Waals surface area (Å²) in [5.74, 6) is 1.01. The van der Waals surface area contributed by atoms with Crippen LogP contribution in [0.2, 0.25) is 0 Å². The van der Waals surface area contributed by atoms with Crippen molar-refractivity contribution < 1.29 is 30.0 Å². The summed E-state index contributed by atoms with van der Waals surface area (Å²) in [6.07, 6.45) is 9.91. The second-order valence-corrected chi connectivity index (χ2v) is 8.62. The van der Waals surface area contributed by atoms with E-state index in [1.807, 2.05) is 12.3 Å². The van der Waals surface area contributed by atoms with Gasteiger partial charge in [0.25, 0.3) is 0 Å². The number of rotatable bonds is 2. The summed E-state index contributed by atoms with van der Waals surface area (Å²) in [5, 5.41) is 13.3. The zero-order chi connectivity index (χ0) is 22.9. The van der Waals surface area contributed by atoms with E-state index < -0.39 is 0 Å². The quantitative estimate of drug-likeness (QED) is 0.187. The molecule has 5 nitrogen and oxygen atoms in total. The molecule has 1 N–H and O–H groups in total. The van der Waals surface area contributed by atoms with Crippen molar-refractivity contribution in [3.8, 4) is 5.82 Å². The molecule has 0 aliphatic heterocycles. The van der Waals surface area contributed by atoms with Crippen LogP contribution in [0.3, 0.4) is 0 Å². The van der Waals surface area contributed by atoms with E-state index in [2.05, 4.69) is 53.2 Å². The maximum absolute atomic E-state index is 10.0. The minimum Gasteiger partial charge on any atom is -0.512 e. The Bertz CT molecular complexity index is 1520. The Morgan fingerprint density at radius 3 is 2.47 bits per heavy atom. The summed E-state index contributed by atoms with van der Waals surface area (Å²) in [7, 11) is 0. The molecule has 3 heterocycles. The van der Waals surface area contributed by atoms with Crippen LogP contribution in [0.15, 0.2) is 72.8 Å². The van der Waals surface area contributed by atoms with E-state index in [1.165, 1.54) is 71.0 Å². The Labute approximate surface area is 211 Å². The summed E-state index contributed by atoms with van der Waals surface area (Å²) in [6, 6.07) is 17.3. The molecule has 0 amide bonds. The fourth-order valence-electron chi connectivity index (χ4n) is 4.77. The van der Waals surface area contributed by atoms with Crippen LogP contribution in [0, 0.1) is 0 Å². The summed E-state index contributed by atoms with van der Waals surface area (Å²) in [4.78, 5) is 19.6. The minimum atomic E-state index is -0.125. The van der Waals surface area contributed by atoms with Crippen molar-refractivity contribution in [3.05, 3.63) is 83.9 Å². The third kappa shape index (κ3) is 4.44. The molecular formula is C28H26IrN3O2-. The number of ketones is 1. The maximum atomic E-state index is 10.0. The van der Waals surface area contributed by atoms with Crippen LogP contribution in [0.4, 0.5) is 0 Å². The van der Waals surface area contributed by atoms with Crippen LogP contribution >= 0.6 is 0 Å². The number of aliphatic hydroxyl groups excluding tert-OH is 1. The second kappa shape index (κ2) is 9.96. The third-order valence-electron chi connectivity index (χ3n) is 6.14. The predicted molar refractivity (Wildman–Crippen MR) is 133 cm³/mol. The molecule has 2 aromatic carbocycles. The number of carbonyl (C=O) groups is 1. The van der Waals surface area contributed by atoms with E-state index in [0.717, 1.165) is 24.3 Å². The molecule has 1 aliphatic rings. The number of benzene rings is 2. The van der Waals surface area contributed by atoms with Gasteiger partial charge in [0.1, 0.15) is 0 Å². The summed E-state index contributed by atoms with van der Waals surface area (Å²) < 4.78 is 2.28. The Kier molecular flexibility index (Phi) is 7.01. The number of nitrogens with zero attached hydrogens (tertiary/aromatic N) is 3.